The fourth-order valence-corrected chi connectivity index (χ4v) is 1.32. The molecule has 1 aliphatic carbocycles. The van der Waals surface area contributed by atoms with Crippen LogP contribution in [0.5, 0.6) is 5.75 Å². The minimum absolute atomic E-state index is 0.321. The first kappa shape index (κ1) is 9.21. The summed E-state index contributed by atoms with van der Waals surface area (Å²) in [5.41, 5.74) is 5.70. The SMILES string of the molecule is NC(C(=O)Oc1ccccc1)C1CC1. The molecule has 3 nitrogen and oxygen atoms in total. The van der Waals surface area contributed by atoms with Crippen LogP contribution in [0.1, 0.15) is 12.8 Å². The summed E-state index contributed by atoms with van der Waals surface area (Å²) in [6.07, 6.45) is 2.09. The summed E-state index contributed by atoms with van der Waals surface area (Å²) >= 11 is 0. The predicted molar refractivity (Wildman–Crippen MR) is 52.8 cm³/mol. The molecule has 0 radical (unpaired) electrons. The lowest BCUT2D eigenvalue weighted by Gasteiger charge is -2.09. The zero-order valence-corrected chi connectivity index (χ0v) is 7.85. The van der Waals surface area contributed by atoms with Crippen LogP contribution >= 0.6 is 0 Å². The molecule has 14 heavy (non-hydrogen) atoms. The van der Waals surface area contributed by atoms with Crippen LogP contribution in [0.15, 0.2) is 30.3 Å². The molecule has 1 aliphatic rings. The molecule has 3 heteroatoms. The molecule has 0 saturated heterocycles. The molecule has 0 heterocycles. The Hall–Kier alpha value is -1.35. The van der Waals surface area contributed by atoms with Gasteiger partial charge in [-0.3, -0.25) is 0 Å². The summed E-state index contributed by atoms with van der Waals surface area (Å²) in [6, 6.07) is 8.57. The quantitative estimate of drug-likeness (QED) is 0.579. The van der Waals surface area contributed by atoms with Crippen LogP contribution in [0.4, 0.5) is 0 Å². The van der Waals surface area contributed by atoms with Crippen LogP contribution in [0.2, 0.25) is 0 Å². The molecule has 1 atom stereocenters. The van der Waals surface area contributed by atoms with E-state index in [1.165, 1.54) is 0 Å². The third-order valence-electron chi connectivity index (χ3n) is 2.36. The topological polar surface area (TPSA) is 52.3 Å². The van der Waals surface area contributed by atoms with Crippen molar-refractivity contribution in [2.24, 2.45) is 11.7 Å². The van der Waals surface area contributed by atoms with Crippen molar-refractivity contribution in [3.05, 3.63) is 30.3 Å². The maximum atomic E-state index is 11.4. The van der Waals surface area contributed by atoms with Gasteiger partial charge in [-0.25, -0.2) is 4.79 Å². The number of rotatable bonds is 3. The second-order valence-corrected chi connectivity index (χ2v) is 3.60. The van der Waals surface area contributed by atoms with Gasteiger partial charge < -0.3 is 10.5 Å². The monoisotopic (exact) mass is 191 g/mol. The summed E-state index contributed by atoms with van der Waals surface area (Å²) in [5, 5.41) is 0. The molecule has 1 fully saturated rings. The Morgan fingerprint density at radius 2 is 2.00 bits per heavy atom. The maximum Gasteiger partial charge on any atom is 0.328 e. The van der Waals surface area contributed by atoms with E-state index in [9.17, 15) is 4.79 Å². The van der Waals surface area contributed by atoms with Crippen molar-refractivity contribution in [2.45, 2.75) is 18.9 Å². The van der Waals surface area contributed by atoms with Crippen molar-refractivity contribution >= 4 is 5.97 Å². The first-order valence-corrected chi connectivity index (χ1v) is 4.79. The second-order valence-electron chi connectivity index (χ2n) is 3.60. The maximum absolute atomic E-state index is 11.4. The van der Waals surface area contributed by atoms with Crippen LogP contribution in [-0.2, 0) is 4.79 Å². The standard InChI is InChI=1S/C11H13NO2/c12-10(8-6-7-8)11(13)14-9-4-2-1-3-5-9/h1-5,8,10H,6-7,12H2. The summed E-state index contributed by atoms with van der Waals surface area (Å²) in [5.74, 6) is 0.582. The van der Waals surface area contributed by atoms with Gasteiger partial charge in [0.05, 0.1) is 0 Å². The van der Waals surface area contributed by atoms with Gasteiger partial charge in [-0.1, -0.05) is 18.2 Å². The molecule has 0 amide bonds. The van der Waals surface area contributed by atoms with E-state index in [4.69, 9.17) is 10.5 Å². The van der Waals surface area contributed by atoms with Gasteiger partial charge in [0.25, 0.3) is 0 Å². The van der Waals surface area contributed by atoms with Crippen LogP contribution in [0.3, 0.4) is 0 Å². The van der Waals surface area contributed by atoms with E-state index in [2.05, 4.69) is 0 Å². The van der Waals surface area contributed by atoms with Gasteiger partial charge in [0.2, 0.25) is 0 Å². The Kier molecular flexibility index (Phi) is 2.50. The molecule has 0 aromatic heterocycles. The zero-order valence-electron chi connectivity index (χ0n) is 7.85. The van der Waals surface area contributed by atoms with Gasteiger partial charge in [0.15, 0.2) is 0 Å². The van der Waals surface area contributed by atoms with Crippen LogP contribution < -0.4 is 10.5 Å². The van der Waals surface area contributed by atoms with E-state index >= 15 is 0 Å². The Labute approximate surface area is 82.9 Å². The van der Waals surface area contributed by atoms with Crippen LogP contribution in [0.25, 0.3) is 0 Å². The molecule has 1 aromatic carbocycles. The third-order valence-corrected chi connectivity index (χ3v) is 2.36. The van der Waals surface area contributed by atoms with Crippen molar-refractivity contribution < 1.29 is 9.53 Å². The van der Waals surface area contributed by atoms with Crippen molar-refractivity contribution in [3.63, 3.8) is 0 Å². The normalized spacial score (nSPS) is 17.5. The molecule has 0 aliphatic heterocycles. The summed E-state index contributed by atoms with van der Waals surface area (Å²) in [6.45, 7) is 0. The van der Waals surface area contributed by atoms with Crippen molar-refractivity contribution in [1.29, 1.82) is 0 Å². The van der Waals surface area contributed by atoms with Crippen molar-refractivity contribution in [1.82, 2.24) is 0 Å². The molecular formula is C11H13NO2. The van der Waals surface area contributed by atoms with Crippen molar-refractivity contribution in [3.8, 4) is 5.75 Å². The summed E-state index contributed by atoms with van der Waals surface area (Å²) in [7, 11) is 0. The Bertz CT molecular complexity index is 319. The molecule has 1 unspecified atom stereocenters. The average Bonchev–Trinajstić information content (AvgIpc) is 3.01. The first-order chi connectivity index (χ1) is 6.77. The number of hydrogen-bond acceptors (Lipinski definition) is 3. The molecular weight excluding hydrogens is 178 g/mol. The van der Waals surface area contributed by atoms with E-state index in [0.717, 1.165) is 12.8 Å². The van der Waals surface area contributed by atoms with E-state index in [1.807, 2.05) is 18.2 Å². The molecule has 1 saturated carbocycles. The smallest absolute Gasteiger partial charge is 0.328 e. The number of ether oxygens (including phenoxy) is 1. The number of benzene rings is 1. The van der Waals surface area contributed by atoms with E-state index in [0.29, 0.717) is 11.7 Å². The molecule has 1 aromatic rings. The van der Waals surface area contributed by atoms with Crippen molar-refractivity contribution in [2.75, 3.05) is 0 Å². The molecule has 2 rings (SSSR count). The van der Waals surface area contributed by atoms with Gasteiger partial charge in [0.1, 0.15) is 11.8 Å². The highest BCUT2D eigenvalue weighted by Gasteiger charge is 2.34. The van der Waals surface area contributed by atoms with Gasteiger partial charge in [-0.15, -0.1) is 0 Å². The third kappa shape index (κ3) is 2.12. The Morgan fingerprint density at radius 3 is 2.57 bits per heavy atom. The number of esters is 1. The largest absolute Gasteiger partial charge is 0.425 e. The van der Waals surface area contributed by atoms with Crippen LogP contribution in [-0.4, -0.2) is 12.0 Å². The minimum atomic E-state index is -0.449. The minimum Gasteiger partial charge on any atom is -0.425 e. The number of nitrogens with two attached hydrogens (primary N) is 1. The Balaban J connectivity index is 1.94. The second kappa shape index (κ2) is 3.80. The summed E-state index contributed by atoms with van der Waals surface area (Å²) in [4.78, 5) is 11.4. The first-order valence-electron chi connectivity index (χ1n) is 4.79. The zero-order chi connectivity index (χ0) is 9.97. The van der Waals surface area contributed by atoms with E-state index < -0.39 is 6.04 Å². The molecule has 0 bridgehead atoms. The Morgan fingerprint density at radius 1 is 1.36 bits per heavy atom. The van der Waals surface area contributed by atoms with Gasteiger partial charge in [-0.05, 0) is 30.9 Å². The predicted octanol–water partition coefficient (Wildman–Crippen LogP) is 1.33. The number of hydrogen-bond donors (Lipinski definition) is 1. The number of para-hydroxylation sites is 1. The lowest BCUT2D eigenvalue weighted by molar-refractivity contribution is -0.136. The van der Waals surface area contributed by atoms with Gasteiger partial charge >= 0.3 is 5.97 Å². The highest BCUT2D eigenvalue weighted by Crippen LogP contribution is 2.32. The highest BCUT2D eigenvalue weighted by atomic mass is 16.5. The molecule has 74 valence electrons. The fourth-order valence-electron chi connectivity index (χ4n) is 1.32. The number of carbonyl (C=O) groups is 1. The highest BCUT2D eigenvalue weighted by molar-refractivity contribution is 5.78. The molecule has 0 spiro atoms. The molecule has 2 N–H and O–H groups in total. The van der Waals surface area contributed by atoms with Crippen LogP contribution in [0, 0.1) is 5.92 Å². The van der Waals surface area contributed by atoms with Gasteiger partial charge in [0, 0.05) is 0 Å². The number of carbonyl (C=O) groups excluding carboxylic acids is 1. The van der Waals surface area contributed by atoms with Gasteiger partial charge in [-0.2, -0.15) is 0 Å². The lowest BCUT2D eigenvalue weighted by Crippen LogP contribution is -2.36. The van der Waals surface area contributed by atoms with E-state index in [-0.39, 0.29) is 5.97 Å². The average molecular weight is 191 g/mol. The van der Waals surface area contributed by atoms with E-state index in [1.54, 1.807) is 12.1 Å². The fraction of sp³-hybridized carbons (Fsp3) is 0.364. The lowest BCUT2D eigenvalue weighted by atomic mass is 10.2. The summed E-state index contributed by atoms with van der Waals surface area (Å²) < 4.78 is 5.11.